The lowest BCUT2D eigenvalue weighted by Crippen LogP contribution is -2.03. The highest BCUT2D eigenvalue weighted by Crippen LogP contribution is 2.44. The van der Waals surface area contributed by atoms with Crippen LogP contribution < -0.4 is 0 Å². The van der Waals surface area contributed by atoms with Gasteiger partial charge in [-0.1, -0.05) is 128 Å². The first-order valence-corrected chi connectivity index (χ1v) is 14.4. The second kappa shape index (κ2) is 10.4. The quantitative estimate of drug-likeness (QED) is 0.193. The van der Waals surface area contributed by atoms with Crippen molar-refractivity contribution >= 4 is 32.6 Å². The topological polar surface area (TPSA) is 17.8 Å². The van der Waals surface area contributed by atoms with Gasteiger partial charge in [0.25, 0.3) is 0 Å². The van der Waals surface area contributed by atoms with Crippen molar-refractivity contribution < 1.29 is 6.85 Å². The summed E-state index contributed by atoms with van der Waals surface area (Å²) in [4.78, 5) is 4.64. The van der Waals surface area contributed by atoms with Gasteiger partial charge in [0.1, 0.15) is 5.82 Å². The number of nitrogens with zero attached hydrogens (tertiary/aromatic N) is 2. The Morgan fingerprint density at radius 3 is 1.60 bits per heavy atom. The SMILES string of the molecule is [2H]C([2H])([2H])C([2H])([2H])c1nc2ccccc2n1-c1c2ccccc2c(-c2cc(-c3ccccc3)cc(-c3ccccc3)c2)c2ccccc12. The third-order valence-electron chi connectivity index (χ3n) is 8.24. The molecule has 0 spiro atoms. The zero-order chi connectivity index (χ0) is 33.0. The number of hydrogen-bond donors (Lipinski definition) is 0. The standard InChI is InChI=1S/C41H30N2/c1-2-39-42-37-23-13-14-24-38(37)43(39)41-35-21-11-9-19-33(35)40(34-20-10-12-22-36(34)41)32-26-30(28-15-5-3-6-16-28)25-31(27-32)29-17-7-4-8-18-29/h3-27H,2H2,1H3/i1D3,2D2. The van der Waals surface area contributed by atoms with Crippen molar-refractivity contribution in [2.24, 2.45) is 0 Å². The van der Waals surface area contributed by atoms with Crippen molar-refractivity contribution in [3.05, 3.63) is 157 Å². The molecule has 0 aliphatic carbocycles. The number of benzene rings is 7. The van der Waals surface area contributed by atoms with Crippen LogP contribution in [0.1, 0.15) is 19.5 Å². The molecule has 0 atom stereocenters. The van der Waals surface area contributed by atoms with Crippen LogP contribution in [-0.4, -0.2) is 9.55 Å². The van der Waals surface area contributed by atoms with Gasteiger partial charge in [0.05, 0.1) is 16.7 Å². The van der Waals surface area contributed by atoms with Gasteiger partial charge in [-0.3, -0.25) is 4.57 Å². The second-order valence-electron chi connectivity index (χ2n) is 10.7. The summed E-state index contributed by atoms with van der Waals surface area (Å²) in [5.41, 5.74) is 8.38. The fourth-order valence-electron chi connectivity index (χ4n) is 6.36. The molecule has 2 heteroatoms. The number of aromatic nitrogens is 2. The van der Waals surface area contributed by atoms with Crippen LogP contribution in [0.4, 0.5) is 0 Å². The van der Waals surface area contributed by atoms with E-state index in [-0.39, 0.29) is 5.82 Å². The minimum Gasteiger partial charge on any atom is -0.295 e. The normalized spacial score (nSPS) is 13.8. The van der Waals surface area contributed by atoms with E-state index in [1.165, 1.54) is 0 Å². The summed E-state index contributed by atoms with van der Waals surface area (Å²) in [6.07, 6.45) is -2.72. The van der Waals surface area contributed by atoms with Crippen molar-refractivity contribution in [3.8, 4) is 39.1 Å². The molecule has 0 radical (unpaired) electrons. The predicted molar refractivity (Wildman–Crippen MR) is 182 cm³/mol. The van der Waals surface area contributed by atoms with E-state index in [0.29, 0.717) is 16.7 Å². The highest BCUT2D eigenvalue weighted by molar-refractivity contribution is 6.19. The summed E-state index contributed by atoms with van der Waals surface area (Å²) in [7, 11) is 0. The minimum atomic E-state index is -2.94. The van der Waals surface area contributed by atoms with Crippen LogP contribution in [0.3, 0.4) is 0 Å². The molecule has 8 rings (SSSR count). The van der Waals surface area contributed by atoms with E-state index in [1.54, 1.807) is 10.6 Å². The zero-order valence-corrected chi connectivity index (χ0v) is 23.3. The fourth-order valence-corrected chi connectivity index (χ4v) is 6.36. The molecule has 0 aliphatic rings. The lowest BCUT2D eigenvalue weighted by Gasteiger charge is -2.20. The van der Waals surface area contributed by atoms with Gasteiger partial charge < -0.3 is 0 Å². The van der Waals surface area contributed by atoms with Gasteiger partial charge >= 0.3 is 0 Å². The second-order valence-corrected chi connectivity index (χ2v) is 10.7. The van der Waals surface area contributed by atoms with Crippen molar-refractivity contribution in [3.63, 3.8) is 0 Å². The number of imidazole rings is 1. The number of rotatable bonds is 5. The summed E-state index contributed by atoms with van der Waals surface area (Å²) >= 11 is 0. The van der Waals surface area contributed by atoms with Crippen LogP contribution in [0.5, 0.6) is 0 Å². The van der Waals surface area contributed by atoms with E-state index in [9.17, 15) is 0 Å². The molecule has 0 amide bonds. The Hall–Kier alpha value is -5.47. The molecule has 43 heavy (non-hydrogen) atoms. The number of fused-ring (bicyclic) bond motifs is 3. The predicted octanol–water partition coefficient (Wildman–Crippen LogP) is 10.9. The maximum Gasteiger partial charge on any atom is 0.114 e. The Kier molecular flexibility index (Phi) is 4.95. The van der Waals surface area contributed by atoms with E-state index in [2.05, 4.69) is 83.8 Å². The van der Waals surface area contributed by atoms with E-state index < -0.39 is 13.2 Å². The van der Waals surface area contributed by atoms with Gasteiger partial charge in [-0.2, -0.15) is 0 Å². The highest BCUT2D eigenvalue weighted by Gasteiger charge is 2.21. The van der Waals surface area contributed by atoms with Gasteiger partial charge in [0, 0.05) is 24.0 Å². The molecular formula is C41H30N2. The Labute approximate surface area is 258 Å². The summed E-state index contributed by atoms with van der Waals surface area (Å²) in [6, 6.07) is 51.0. The fraction of sp³-hybridized carbons (Fsp3) is 0.0488. The van der Waals surface area contributed by atoms with E-state index in [1.807, 2.05) is 66.7 Å². The maximum atomic E-state index is 8.87. The molecule has 0 fully saturated rings. The van der Waals surface area contributed by atoms with Crippen LogP contribution >= 0.6 is 0 Å². The molecule has 0 bridgehead atoms. The van der Waals surface area contributed by atoms with Gasteiger partial charge in [0.2, 0.25) is 0 Å². The average Bonchev–Trinajstić information content (AvgIpc) is 3.50. The van der Waals surface area contributed by atoms with E-state index in [0.717, 1.165) is 54.9 Å². The first-order valence-electron chi connectivity index (χ1n) is 16.9. The molecule has 0 saturated heterocycles. The molecule has 1 heterocycles. The highest BCUT2D eigenvalue weighted by atomic mass is 15.1. The van der Waals surface area contributed by atoms with Crippen LogP contribution in [0.2, 0.25) is 0 Å². The first-order chi connectivity index (χ1) is 23.2. The zero-order valence-electron chi connectivity index (χ0n) is 28.3. The van der Waals surface area contributed by atoms with Gasteiger partial charge in [0.15, 0.2) is 0 Å². The Morgan fingerprint density at radius 2 is 1.02 bits per heavy atom. The lowest BCUT2D eigenvalue weighted by atomic mass is 9.87. The smallest absolute Gasteiger partial charge is 0.114 e. The minimum absolute atomic E-state index is 0.149. The molecule has 0 unspecified atom stereocenters. The summed E-state index contributed by atoms with van der Waals surface area (Å²) < 4.78 is 44.0. The average molecular weight is 556 g/mol. The summed E-state index contributed by atoms with van der Waals surface area (Å²) in [5, 5.41) is 3.66. The van der Waals surface area contributed by atoms with Crippen molar-refractivity contribution in [2.45, 2.75) is 13.2 Å². The van der Waals surface area contributed by atoms with Crippen LogP contribution in [0, 0.1) is 0 Å². The third-order valence-corrected chi connectivity index (χ3v) is 8.24. The van der Waals surface area contributed by atoms with Crippen LogP contribution in [0.25, 0.3) is 71.6 Å². The monoisotopic (exact) mass is 555 g/mol. The molecule has 1 aromatic heterocycles. The molecule has 8 aromatic rings. The lowest BCUT2D eigenvalue weighted by molar-refractivity contribution is 0.917. The molecule has 0 aliphatic heterocycles. The Balaban J connectivity index is 1.51. The number of para-hydroxylation sites is 2. The number of hydrogen-bond acceptors (Lipinski definition) is 1. The van der Waals surface area contributed by atoms with Gasteiger partial charge in [-0.15, -0.1) is 0 Å². The molecule has 0 N–H and O–H groups in total. The van der Waals surface area contributed by atoms with Crippen molar-refractivity contribution in [1.82, 2.24) is 9.55 Å². The largest absolute Gasteiger partial charge is 0.295 e. The Morgan fingerprint density at radius 1 is 0.535 bits per heavy atom. The number of aryl methyl sites for hydroxylation is 1. The third kappa shape index (κ3) is 4.23. The van der Waals surface area contributed by atoms with E-state index in [4.69, 9.17) is 6.85 Å². The van der Waals surface area contributed by atoms with E-state index >= 15 is 0 Å². The summed E-state index contributed by atoms with van der Waals surface area (Å²) in [5.74, 6) is -0.149. The molecule has 204 valence electrons. The van der Waals surface area contributed by atoms with Crippen LogP contribution in [-0.2, 0) is 6.37 Å². The van der Waals surface area contributed by atoms with Crippen molar-refractivity contribution in [2.75, 3.05) is 0 Å². The maximum absolute atomic E-state index is 8.87. The first kappa shape index (κ1) is 20.4. The van der Waals surface area contributed by atoms with Crippen molar-refractivity contribution in [1.29, 1.82) is 0 Å². The molecule has 7 aromatic carbocycles. The molecular weight excluding hydrogens is 520 g/mol. The summed E-state index contributed by atoms with van der Waals surface area (Å²) in [6.45, 7) is -2.94. The van der Waals surface area contributed by atoms with Gasteiger partial charge in [-0.25, -0.2) is 4.98 Å². The molecule has 0 saturated carbocycles. The van der Waals surface area contributed by atoms with Gasteiger partial charge in [-0.05, 0) is 74.5 Å². The Bertz CT molecular complexity index is 2350. The molecule has 2 nitrogen and oxygen atoms in total. The van der Waals surface area contributed by atoms with Crippen LogP contribution in [0.15, 0.2) is 152 Å².